The van der Waals surface area contributed by atoms with Crippen LogP contribution in [0.4, 0.5) is 0 Å². The van der Waals surface area contributed by atoms with Crippen LogP contribution >= 0.6 is 0 Å². The van der Waals surface area contributed by atoms with E-state index in [0.29, 0.717) is 0 Å². The van der Waals surface area contributed by atoms with Crippen LogP contribution in [0.2, 0.25) is 11.1 Å². The number of rotatable bonds is 4. The van der Waals surface area contributed by atoms with E-state index in [1.807, 2.05) is 18.2 Å². The molecule has 2 rings (SSSR count). The zero-order valence-corrected chi connectivity index (χ0v) is 13.6. The predicted octanol–water partition coefficient (Wildman–Crippen LogP) is 4.24. The van der Waals surface area contributed by atoms with E-state index in [2.05, 4.69) is 75.9 Å². The third-order valence-electron chi connectivity index (χ3n) is 4.01. The molecule has 0 radical (unpaired) electrons. The van der Waals surface area contributed by atoms with Gasteiger partial charge in [0.05, 0.1) is 0 Å². The molecule has 0 amide bonds. The highest BCUT2D eigenvalue weighted by Gasteiger charge is 2.46. The second-order valence-corrected chi connectivity index (χ2v) is 10.8. The van der Waals surface area contributed by atoms with E-state index < -0.39 is 8.07 Å². The van der Waals surface area contributed by atoms with Gasteiger partial charge in [-0.3, -0.25) is 0 Å². The van der Waals surface area contributed by atoms with Crippen LogP contribution in [0.25, 0.3) is 0 Å². The molecule has 0 N–H and O–H groups in total. The van der Waals surface area contributed by atoms with Gasteiger partial charge in [-0.05, 0) is 11.1 Å². The fourth-order valence-electron chi connectivity index (χ4n) is 3.05. The van der Waals surface area contributed by atoms with Crippen LogP contribution in [0.5, 0.6) is 0 Å². The normalized spacial score (nSPS) is 14.4. The molecule has 0 saturated carbocycles. The van der Waals surface area contributed by atoms with Gasteiger partial charge >= 0.3 is 0 Å². The van der Waals surface area contributed by atoms with Crippen molar-refractivity contribution in [3.63, 3.8) is 0 Å². The van der Waals surface area contributed by atoms with Crippen molar-refractivity contribution >= 4 is 18.4 Å². The molecule has 1 heteroatoms. The second-order valence-electron chi connectivity index (χ2n) is 6.19. The maximum absolute atomic E-state index is 8.80. The number of hydrogen-bond donors (Lipinski definition) is 0. The lowest BCUT2D eigenvalue weighted by Gasteiger charge is -2.43. The van der Waals surface area contributed by atoms with Gasteiger partial charge in [-0.15, -0.1) is 6.58 Å². The number of allylic oxidation sites excluding steroid dienone is 1. The summed E-state index contributed by atoms with van der Waals surface area (Å²) in [5, 5.41) is 2.64. The van der Waals surface area contributed by atoms with E-state index in [0.717, 1.165) is 0 Å². The Balaban J connectivity index is 2.82. The molecule has 0 fully saturated rings. The first-order valence-electron chi connectivity index (χ1n) is 7.68. The van der Waals surface area contributed by atoms with Crippen LogP contribution in [-0.4, -0.2) is 8.07 Å². The Labute approximate surface area is 125 Å². The summed E-state index contributed by atoms with van der Waals surface area (Å²) in [4.78, 5) is 0. The van der Waals surface area contributed by atoms with Gasteiger partial charge in [0.2, 0.25) is 0 Å². The first kappa shape index (κ1) is 13.4. The molecule has 0 nitrogen and oxygen atoms in total. The van der Waals surface area contributed by atoms with Gasteiger partial charge in [0, 0.05) is 1.37 Å². The van der Waals surface area contributed by atoms with Crippen molar-refractivity contribution in [2.45, 2.75) is 31.8 Å². The summed E-state index contributed by atoms with van der Waals surface area (Å²) in [7, 11) is -2.30. The quantitative estimate of drug-likeness (QED) is 0.581. The minimum atomic E-state index is -2.30. The summed E-state index contributed by atoms with van der Waals surface area (Å²) in [6.07, 6.45) is 1.82. The Kier molecular flexibility index (Phi) is 3.88. The lowest BCUT2D eigenvalue weighted by Crippen LogP contribution is -2.63. The van der Waals surface area contributed by atoms with Gasteiger partial charge in [-0.25, -0.2) is 0 Å². The fourth-order valence-corrected chi connectivity index (χ4v) is 7.79. The first-order valence-corrected chi connectivity index (χ1v) is 9.18. The smallest absolute Gasteiger partial charge is 0.103 e. The molecular weight excluding hydrogens is 256 g/mol. The van der Waals surface area contributed by atoms with E-state index in [4.69, 9.17) is 1.37 Å². The Hall–Kier alpha value is -1.60. The van der Waals surface area contributed by atoms with Crippen molar-refractivity contribution in [3.8, 4) is 0 Å². The first-order chi connectivity index (χ1) is 9.94. The number of benzene rings is 2. The fraction of sp³-hybridized carbons (Fsp3) is 0.263. The summed E-state index contributed by atoms with van der Waals surface area (Å²) < 4.78 is 8.80. The molecule has 20 heavy (non-hydrogen) atoms. The lowest BCUT2D eigenvalue weighted by atomic mass is 10.2. The Morgan fingerprint density at radius 1 is 0.950 bits per heavy atom. The Morgan fingerprint density at radius 2 is 1.35 bits per heavy atom. The predicted molar refractivity (Wildman–Crippen MR) is 92.6 cm³/mol. The van der Waals surface area contributed by atoms with Gasteiger partial charge in [-0.1, -0.05) is 97.9 Å². The van der Waals surface area contributed by atoms with Crippen LogP contribution in [0, 0.1) is 0 Å². The monoisotopic (exact) mass is 281 g/mol. The summed E-state index contributed by atoms with van der Waals surface area (Å²) in [6.45, 7) is 10.7. The van der Waals surface area contributed by atoms with Crippen molar-refractivity contribution in [2.24, 2.45) is 0 Å². The molecule has 0 heterocycles. The molecule has 2 aromatic carbocycles. The standard InChI is InChI=1S/C19H24Si/c1-5-16-20(19(2,3)4,17-12-8-6-9-13-17)18-14-10-7-11-15-18/h5-15H,1,16H2,2-4H3/i16D. The maximum Gasteiger partial charge on any atom is 0.126 e. The lowest BCUT2D eigenvalue weighted by molar-refractivity contribution is 0.730. The van der Waals surface area contributed by atoms with Crippen molar-refractivity contribution in [3.05, 3.63) is 73.3 Å². The molecule has 1 unspecified atom stereocenters. The average Bonchev–Trinajstić information content (AvgIpc) is 2.48. The summed E-state index contributed by atoms with van der Waals surface area (Å²) in [6, 6.07) is 20.9. The second kappa shape index (κ2) is 5.80. The summed E-state index contributed by atoms with van der Waals surface area (Å²) >= 11 is 0. The van der Waals surface area contributed by atoms with E-state index >= 15 is 0 Å². The third kappa shape index (κ3) is 2.50. The van der Waals surface area contributed by atoms with Crippen LogP contribution < -0.4 is 10.4 Å². The zero-order chi connectivity index (χ0) is 15.5. The van der Waals surface area contributed by atoms with Gasteiger partial charge in [-0.2, -0.15) is 0 Å². The molecule has 0 aliphatic heterocycles. The molecule has 0 aliphatic rings. The van der Waals surface area contributed by atoms with Gasteiger partial charge < -0.3 is 0 Å². The van der Waals surface area contributed by atoms with E-state index in [9.17, 15) is 0 Å². The highest BCUT2D eigenvalue weighted by Crippen LogP contribution is 2.38. The van der Waals surface area contributed by atoms with Crippen molar-refractivity contribution in [1.82, 2.24) is 0 Å². The Bertz CT molecular complexity index is 544. The molecule has 1 atom stereocenters. The van der Waals surface area contributed by atoms with Crippen LogP contribution in [0.3, 0.4) is 0 Å². The molecule has 0 bridgehead atoms. The van der Waals surface area contributed by atoms with Crippen LogP contribution in [-0.2, 0) is 0 Å². The van der Waals surface area contributed by atoms with Crippen molar-refractivity contribution in [2.75, 3.05) is 0 Å². The molecule has 0 saturated heterocycles. The highest BCUT2D eigenvalue weighted by atomic mass is 28.3. The van der Waals surface area contributed by atoms with Crippen molar-refractivity contribution < 1.29 is 1.37 Å². The van der Waals surface area contributed by atoms with Gasteiger partial charge in [0.25, 0.3) is 0 Å². The number of hydrogen-bond acceptors (Lipinski definition) is 0. The van der Waals surface area contributed by atoms with Crippen LogP contribution in [0.15, 0.2) is 73.3 Å². The van der Waals surface area contributed by atoms with Gasteiger partial charge in [0.15, 0.2) is 0 Å². The van der Waals surface area contributed by atoms with E-state index in [1.54, 1.807) is 0 Å². The molecule has 0 aliphatic carbocycles. The minimum absolute atomic E-state index is 0.0241. The highest BCUT2D eigenvalue weighted by molar-refractivity contribution is 7.04. The molecule has 0 spiro atoms. The Morgan fingerprint density at radius 3 is 1.65 bits per heavy atom. The average molecular weight is 281 g/mol. The zero-order valence-electron chi connectivity index (χ0n) is 13.6. The molecular formula is C19H24Si. The minimum Gasteiger partial charge on any atom is -0.103 e. The maximum atomic E-state index is 8.80. The van der Waals surface area contributed by atoms with Gasteiger partial charge in [0.1, 0.15) is 8.07 Å². The summed E-state index contributed by atoms with van der Waals surface area (Å²) in [5.41, 5.74) is 0. The summed E-state index contributed by atoms with van der Waals surface area (Å²) in [5.74, 6) is 0. The third-order valence-corrected chi connectivity index (χ3v) is 9.60. The van der Waals surface area contributed by atoms with E-state index in [-0.39, 0.29) is 11.1 Å². The molecule has 0 aromatic heterocycles. The molecule has 104 valence electrons. The van der Waals surface area contributed by atoms with Crippen LogP contribution in [0.1, 0.15) is 22.1 Å². The topological polar surface area (TPSA) is 0 Å². The molecule has 2 aromatic rings. The largest absolute Gasteiger partial charge is 0.126 e. The van der Waals surface area contributed by atoms with E-state index in [1.165, 1.54) is 10.4 Å². The van der Waals surface area contributed by atoms with Crippen molar-refractivity contribution in [1.29, 1.82) is 0 Å². The SMILES string of the molecule is [2H]C(C=C)[Si](c1ccccc1)(c1ccccc1)C(C)(C)C.